The number of rotatable bonds is 4. The number of hydrogen-bond acceptors (Lipinski definition) is 3. The van der Waals surface area contributed by atoms with Crippen molar-refractivity contribution in [2.24, 2.45) is 0 Å². The fourth-order valence-electron chi connectivity index (χ4n) is 2.69. The number of nitrogens with two attached hydrogens (primary N) is 1. The van der Waals surface area contributed by atoms with Crippen molar-refractivity contribution in [3.63, 3.8) is 0 Å². The Balaban J connectivity index is 1.81. The Morgan fingerprint density at radius 1 is 1.40 bits per heavy atom. The largest absolute Gasteiger partial charge is 0.399 e. The molecule has 4 N–H and O–H groups in total. The maximum Gasteiger partial charge on any atom is 0.221 e. The molecule has 1 aliphatic rings. The van der Waals surface area contributed by atoms with E-state index >= 15 is 0 Å². The molecule has 0 heterocycles. The van der Waals surface area contributed by atoms with Gasteiger partial charge in [-0.15, -0.1) is 0 Å². The van der Waals surface area contributed by atoms with Gasteiger partial charge in [0, 0.05) is 30.2 Å². The molecule has 2 rings (SSSR count). The van der Waals surface area contributed by atoms with Gasteiger partial charge < -0.3 is 16.4 Å². The standard InChI is InChI=1S/C16H25N3O/c1-16(2,3)19-15(20)8-9-18-14-7-4-11-10-12(17)5-6-13(11)14/h5-6,10,14,18H,4,7-9,17H2,1-3H3,(H,19,20). The molecular formula is C16H25N3O. The third-order valence-corrected chi connectivity index (χ3v) is 3.50. The van der Waals surface area contributed by atoms with Gasteiger partial charge in [-0.25, -0.2) is 0 Å². The first-order valence-electron chi connectivity index (χ1n) is 7.28. The minimum absolute atomic E-state index is 0.0977. The van der Waals surface area contributed by atoms with Crippen LogP contribution in [0.3, 0.4) is 0 Å². The van der Waals surface area contributed by atoms with Crippen molar-refractivity contribution in [1.29, 1.82) is 0 Å². The number of carbonyl (C=O) groups excluding carboxylic acids is 1. The van der Waals surface area contributed by atoms with E-state index in [4.69, 9.17) is 5.73 Å². The average molecular weight is 275 g/mol. The molecule has 0 aliphatic heterocycles. The molecule has 1 amide bonds. The van der Waals surface area contributed by atoms with Crippen molar-refractivity contribution in [2.75, 3.05) is 12.3 Å². The van der Waals surface area contributed by atoms with E-state index in [1.807, 2.05) is 26.8 Å². The van der Waals surface area contributed by atoms with Gasteiger partial charge in [0.15, 0.2) is 0 Å². The van der Waals surface area contributed by atoms with Crippen molar-refractivity contribution in [1.82, 2.24) is 10.6 Å². The predicted octanol–water partition coefficient (Wildman–Crippen LogP) is 2.15. The van der Waals surface area contributed by atoms with Gasteiger partial charge in [-0.2, -0.15) is 0 Å². The highest BCUT2D eigenvalue weighted by atomic mass is 16.1. The quantitative estimate of drug-likeness (QED) is 0.738. The Hall–Kier alpha value is -1.55. The maximum atomic E-state index is 11.8. The molecule has 1 aliphatic carbocycles. The third-order valence-electron chi connectivity index (χ3n) is 3.50. The van der Waals surface area contributed by atoms with E-state index in [-0.39, 0.29) is 11.4 Å². The summed E-state index contributed by atoms with van der Waals surface area (Å²) in [6.07, 6.45) is 2.66. The van der Waals surface area contributed by atoms with Gasteiger partial charge in [0.1, 0.15) is 0 Å². The van der Waals surface area contributed by atoms with E-state index < -0.39 is 0 Å². The van der Waals surface area contributed by atoms with E-state index in [0.29, 0.717) is 19.0 Å². The van der Waals surface area contributed by atoms with Crippen LogP contribution in [0, 0.1) is 0 Å². The van der Waals surface area contributed by atoms with Crippen LogP contribution in [0.2, 0.25) is 0 Å². The molecule has 0 fully saturated rings. The Kier molecular flexibility index (Phi) is 4.33. The van der Waals surface area contributed by atoms with Crippen molar-refractivity contribution in [3.05, 3.63) is 29.3 Å². The zero-order chi connectivity index (χ0) is 14.8. The lowest BCUT2D eigenvalue weighted by Gasteiger charge is -2.21. The van der Waals surface area contributed by atoms with Gasteiger partial charge >= 0.3 is 0 Å². The van der Waals surface area contributed by atoms with Crippen LogP contribution in [0.4, 0.5) is 5.69 Å². The second-order valence-corrected chi connectivity index (χ2v) is 6.55. The molecule has 4 nitrogen and oxygen atoms in total. The number of fused-ring (bicyclic) bond motifs is 1. The van der Waals surface area contributed by atoms with Gasteiger partial charge in [-0.05, 0) is 56.9 Å². The first kappa shape index (κ1) is 14.9. The van der Waals surface area contributed by atoms with Crippen LogP contribution in [0.15, 0.2) is 18.2 Å². The molecule has 0 radical (unpaired) electrons. The van der Waals surface area contributed by atoms with Gasteiger partial charge in [0.2, 0.25) is 5.91 Å². The van der Waals surface area contributed by atoms with Crippen molar-refractivity contribution >= 4 is 11.6 Å². The molecule has 1 atom stereocenters. The number of nitrogen functional groups attached to an aromatic ring is 1. The number of hydrogen-bond donors (Lipinski definition) is 3. The normalized spacial score (nSPS) is 17.9. The number of benzene rings is 1. The summed E-state index contributed by atoms with van der Waals surface area (Å²) in [5.74, 6) is 0.0977. The van der Waals surface area contributed by atoms with Gasteiger partial charge in [-0.1, -0.05) is 6.07 Å². The lowest BCUT2D eigenvalue weighted by Crippen LogP contribution is -2.41. The fourth-order valence-corrected chi connectivity index (χ4v) is 2.69. The maximum absolute atomic E-state index is 11.8. The zero-order valence-electron chi connectivity index (χ0n) is 12.6. The van der Waals surface area contributed by atoms with Crippen LogP contribution in [0.1, 0.15) is 50.8 Å². The highest BCUT2D eigenvalue weighted by Crippen LogP contribution is 2.32. The summed E-state index contributed by atoms with van der Waals surface area (Å²) in [4.78, 5) is 11.8. The first-order chi connectivity index (χ1) is 9.35. The molecule has 1 aromatic rings. The van der Waals surface area contributed by atoms with E-state index in [1.54, 1.807) is 0 Å². The second-order valence-electron chi connectivity index (χ2n) is 6.55. The van der Waals surface area contributed by atoms with E-state index in [2.05, 4.69) is 22.8 Å². The van der Waals surface area contributed by atoms with Crippen molar-refractivity contribution in [2.45, 2.75) is 51.6 Å². The van der Waals surface area contributed by atoms with E-state index in [0.717, 1.165) is 18.5 Å². The SMILES string of the molecule is CC(C)(C)NC(=O)CCNC1CCc2cc(N)ccc21. The van der Waals surface area contributed by atoms with E-state index in [9.17, 15) is 4.79 Å². The van der Waals surface area contributed by atoms with Crippen molar-refractivity contribution in [3.8, 4) is 0 Å². The number of carbonyl (C=O) groups is 1. The minimum Gasteiger partial charge on any atom is -0.399 e. The van der Waals surface area contributed by atoms with Gasteiger partial charge in [0.25, 0.3) is 0 Å². The van der Waals surface area contributed by atoms with Crippen LogP contribution < -0.4 is 16.4 Å². The summed E-state index contributed by atoms with van der Waals surface area (Å²) in [6.45, 7) is 6.69. The molecule has 0 spiro atoms. The zero-order valence-corrected chi connectivity index (χ0v) is 12.6. The molecule has 1 unspecified atom stereocenters. The minimum atomic E-state index is -0.158. The monoisotopic (exact) mass is 275 g/mol. The molecular weight excluding hydrogens is 250 g/mol. The second kappa shape index (κ2) is 5.83. The Morgan fingerprint density at radius 3 is 2.85 bits per heavy atom. The molecule has 20 heavy (non-hydrogen) atoms. The lowest BCUT2D eigenvalue weighted by atomic mass is 10.1. The summed E-state index contributed by atoms with van der Waals surface area (Å²) in [7, 11) is 0. The molecule has 110 valence electrons. The molecule has 0 bridgehead atoms. The topological polar surface area (TPSA) is 67.2 Å². The Bertz CT molecular complexity index is 491. The molecule has 1 aromatic carbocycles. The molecule has 0 saturated heterocycles. The Morgan fingerprint density at radius 2 is 2.15 bits per heavy atom. The number of amides is 1. The average Bonchev–Trinajstić information content (AvgIpc) is 2.69. The smallest absolute Gasteiger partial charge is 0.221 e. The summed E-state index contributed by atoms with van der Waals surface area (Å²) in [6, 6.07) is 6.46. The van der Waals surface area contributed by atoms with Crippen LogP contribution >= 0.6 is 0 Å². The number of aryl methyl sites for hydroxylation is 1. The van der Waals surface area contributed by atoms with Crippen LogP contribution in [-0.4, -0.2) is 18.0 Å². The van der Waals surface area contributed by atoms with Crippen LogP contribution in [0.5, 0.6) is 0 Å². The summed E-state index contributed by atoms with van der Waals surface area (Å²) in [5.41, 5.74) is 9.14. The molecule has 0 aromatic heterocycles. The predicted molar refractivity (Wildman–Crippen MR) is 82.4 cm³/mol. The van der Waals surface area contributed by atoms with Gasteiger partial charge in [0.05, 0.1) is 0 Å². The van der Waals surface area contributed by atoms with Gasteiger partial charge in [-0.3, -0.25) is 4.79 Å². The van der Waals surface area contributed by atoms with Crippen LogP contribution in [0.25, 0.3) is 0 Å². The van der Waals surface area contributed by atoms with Crippen LogP contribution in [-0.2, 0) is 11.2 Å². The Labute approximate surface area is 121 Å². The fraction of sp³-hybridized carbons (Fsp3) is 0.562. The highest BCUT2D eigenvalue weighted by Gasteiger charge is 2.22. The summed E-state index contributed by atoms with van der Waals surface area (Å²) < 4.78 is 0. The molecule has 4 heteroatoms. The molecule has 0 saturated carbocycles. The van der Waals surface area contributed by atoms with Crippen molar-refractivity contribution < 1.29 is 4.79 Å². The number of nitrogens with one attached hydrogen (secondary N) is 2. The summed E-state index contributed by atoms with van der Waals surface area (Å²) in [5, 5.41) is 6.45. The lowest BCUT2D eigenvalue weighted by molar-refractivity contribution is -0.122. The van der Waals surface area contributed by atoms with E-state index in [1.165, 1.54) is 11.1 Å². The highest BCUT2D eigenvalue weighted by molar-refractivity contribution is 5.76. The first-order valence-corrected chi connectivity index (χ1v) is 7.28. The number of anilines is 1. The summed E-state index contributed by atoms with van der Waals surface area (Å²) >= 11 is 0. The third kappa shape index (κ3) is 3.97.